The number of hydrogen-bond donors (Lipinski definition) is 0. The number of nitrogens with zero attached hydrogens (tertiary/aromatic N) is 2. The smallest absolute Gasteiger partial charge is 0.227 e. The van der Waals surface area contributed by atoms with E-state index in [1.165, 1.54) is 12.1 Å². The summed E-state index contributed by atoms with van der Waals surface area (Å²) in [5.74, 6) is -1.36. The van der Waals surface area contributed by atoms with Crippen molar-refractivity contribution in [2.75, 3.05) is 39.9 Å². The maximum Gasteiger partial charge on any atom is 0.227 e. The largest absolute Gasteiger partial charge is 0.383 e. The molecule has 2 heterocycles. The molecule has 0 radical (unpaired) electrons. The molecular weight excluding hydrogens is 354 g/mol. The number of methoxy groups -OCH3 is 1. The zero-order chi connectivity index (χ0) is 19.4. The van der Waals surface area contributed by atoms with Crippen LogP contribution in [0, 0.1) is 17.0 Å². The van der Waals surface area contributed by atoms with Gasteiger partial charge in [0.05, 0.1) is 13.0 Å². The normalized spacial score (nSPS) is 23.1. The van der Waals surface area contributed by atoms with Crippen molar-refractivity contribution in [3.8, 4) is 0 Å². The maximum atomic E-state index is 13.9. The zero-order valence-corrected chi connectivity index (χ0v) is 15.7. The Hall–Kier alpha value is -2.02. The predicted octanol–water partition coefficient (Wildman–Crippen LogP) is 2.38. The quantitative estimate of drug-likeness (QED) is 0.788. The second-order valence-electron chi connectivity index (χ2n) is 7.64. The summed E-state index contributed by atoms with van der Waals surface area (Å²) in [6.07, 6.45) is 3.01. The number of benzene rings is 1. The van der Waals surface area contributed by atoms with Gasteiger partial charge in [-0.3, -0.25) is 9.59 Å². The summed E-state index contributed by atoms with van der Waals surface area (Å²) in [6.45, 7) is 2.89. The minimum Gasteiger partial charge on any atom is -0.383 e. The molecule has 7 heteroatoms. The molecule has 1 atom stereocenters. The van der Waals surface area contributed by atoms with Gasteiger partial charge >= 0.3 is 0 Å². The number of amides is 2. The number of carbonyl (C=O) groups is 2. The van der Waals surface area contributed by atoms with Crippen molar-refractivity contribution >= 4 is 11.8 Å². The lowest BCUT2D eigenvalue weighted by atomic mass is 9.73. The van der Waals surface area contributed by atoms with Crippen LogP contribution in [0.15, 0.2) is 18.2 Å². The Bertz CT molecular complexity index is 712. The fourth-order valence-corrected chi connectivity index (χ4v) is 4.20. The Morgan fingerprint density at radius 1 is 1.26 bits per heavy atom. The molecule has 2 fully saturated rings. The minimum atomic E-state index is -0.691. The lowest BCUT2D eigenvalue weighted by Crippen LogP contribution is -2.55. The topological polar surface area (TPSA) is 49.9 Å². The highest BCUT2D eigenvalue weighted by molar-refractivity contribution is 5.79. The van der Waals surface area contributed by atoms with Gasteiger partial charge in [-0.05, 0) is 30.9 Å². The summed E-state index contributed by atoms with van der Waals surface area (Å²) in [6, 6.07) is 3.30. The second-order valence-corrected chi connectivity index (χ2v) is 7.64. The van der Waals surface area contributed by atoms with Crippen molar-refractivity contribution in [1.29, 1.82) is 0 Å². The van der Waals surface area contributed by atoms with Crippen LogP contribution in [-0.4, -0.2) is 61.5 Å². The van der Waals surface area contributed by atoms with Gasteiger partial charge in [-0.15, -0.1) is 0 Å². The van der Waals surface area contributed by atoms with Crippen LogP contribution in [0.2, 0.25) is 0 Å². The lowest BCUT2D eigenvalue weighted by molar-refractivity contribution is -0.143. The van der Waals surface area contributed by atoms with Crippen LogP contribution in [0.25, 0.3) is 0 Å². The van der Waals surface area contributed by atoms with Gasteiger partial charge in [-0.2, -0.15) is 0 Å². The van der Waals surface area contributed by atoms with Crippen LogP contribution in [-0.2, 0) is 20.7 Å². The van der Waals surface area contributed by atoms with Gasteiger partial charge in [-0.1, -0.05) is 6.07 Å². The number of likely N-dealkylation sites (tertiary alicyclic amines) is 2. The molecule has 5 nitrogen and oxygen atoms in total. The van der Waals surface area contributed by atoms with E-state index in [9.17, 15) is 18.4 Å². The van der Waals surface area contributed by atoms with E-state index in [4.69, 9.17) is 4.74 Å². The molecule has 0 bridgehead atoms. The Balaban J connectivity index is 1.66. The summed E-state index contributed by atoms with van der Waals surface area (Å²) in [5.41, 5.74) is 0.109. The van der Waals surface area contributed by atoms with E-state index in [-0.39, 0.29) is 29.2 Å². The van der Waals surface area contributed by atoms with E-state index in [1.807, 2.05) is 4.90 Å². The van der Waals surface area contributed by atoms with E-state index in [1.54, 1.807) is 12.0 Å². The summed E-state index contributed by atoms with van der Waals surface area (Å²) in [4.78, 5) is 28.5. The van der Waals surface area contributed by atoms with Crippen LogP contribution in [0.3, 0.4) is 0 Å². The number of ether oxygens (including phenoxy) is 1. The number of hydrogen-bond acceptors (Lipinski definition) is 3. The van der Waals surface area contributed by atoms with Gasteiger partial charge in [0, 0.05) is 51.2 Å². The van der Waals surface area contributed by atoms with Crippen molar-refractivity contribution < 1.29 is 23.1 Å². The van der Waals surface area contributed by atoms with Crippen LogP contribution in [0.4, 0.5) is 8.78 Å². The molecule has 0 N–H and O–H groups in total. The molecule has 3 rings (SSSR count). The first-order chi connectivity index (χ1) is 12.9. The zero-order valence-electron chi connectivity index (χ0n) is 15.7. The van der Waals surface area contributed by atoms with Crippen molar-refractivity contribution in [3.05, 3.63) is 35.4 Å². The third-order valence-electron chi connectivity index (χ3n) is 5.68. The molecule has 1 aromatic rings. The first-order valence-electron chi connectivity index (χ1n) is 9.41. The van der Waals surface area contributed by atoms with E-state index in [0.29, 0.717) is 39.2 Å². The standard InChI is InChI=1S/C20H26F2N2O3/c1-27-10-9-24-14-20(7-5-18(24)25)6-2-8-23(13-20)19(26)11-15-3-4-16(21)12-17(15)22/h3-4,12H,2,5-11,13-14H2,1H3. The van der Waals surface area contributed by atoms with Crippen LogP contribution in [0.5, 0.6) is 0 Å². The molecule has 1 unspecified atom stereocenters. The first-order valence-corrected chi connectivity index (χ1v) is 9.41. The third-order valence-corrected chi connectivity index (χ3v) is 5.68. The van der Waals surface area contributed by atoms with Crippen molar-refractivity contribution in [2.24, 2.45) is 5.41 Å². The highest BCUT2D eigenvalue weighted by atomic mass is 19.1. The number of rotatable bonds is 5. The molecule has 2 saturated heterocycles. The summed E-state index contributed by atoms with van der Waals surface area (Å²) in [7, 11) is 1.61. The average molecular weight is 380 g/mol. The molecule has 1 aromatic carbocycles. The van der Waals surface area contributed by atoms with E-state index < -0.39 is 11.6 Å². The van der Waals surface area contributed by atoms with Gasteiger partial charge in [0.25, 0.3) is 0 Å². The van der Waals surface area contributed by atoms with Gasteiger partial charge < -0.3 is 14.5 Å². The molecule has 0 aliphatic carbocycles. The van der Waals surface area contributed by atoms with Crippen LogP contribution >= 0.6 is 0 Å². The molecule has 148 valence electrons. The molecule has 2 aliphatic rings. The highest BCUT2D eigenvalue weighted by Gasteiger charge is 2.42. The predicted molar refractivity (Wildman–Crippen MR) is 96.0 cm³/mol. The third kappa shape index (κ3) is 4.64. The second kappa shape index (κ2) is 8.33. The highest BCUT2D eigenvalue weighted by Crippen LogP contribution is 2.39. The minimum absolute atomic E-state index is 0.0749. The average Bonchev–Trinajstić information content (AvgIpc) is 2.65. The Labute approximate surface area is 158 Å². The van der Waals surface area contributed by atoms with Crippen molar-refractivity contribution in [1.82, 2.24) is 9.80 Å². The molecule has 2 amide bonds. The van der Waals surface area contributed by atoms with E-state index >= 15 is 0 Å². The molecular formula is C20H26F2N2O3. The fourth-order valence-electron chi connectivity index (χ4n) is 4.20. The van der Waals surface area contributed by atoms with E-state index in [0.717, 1.165) is 25.3 Å². The summed E-state index contributed by atoms with van der Waals surface area (Å²) in [5, 5.41) is 0. The fraction of sp³-hybridized carbons (Fsp3) is 0.600. The number of piperidine rings is 2. The molecule has 0 saturated carbocycles. The first kappa shape index (κ1) is 19.7. The van der Waals surface area contributed by atoms with Crippen LogP contribution in [0.1, 0.15) is 31.2 Å². The van der Waals surface area contributed by atoms with Crippen LogP contribution < -0.4 is 0 Å². The van der Waals surface area contributed by atoms with Gasteiger partial charge in [0.15, 0.2) is 0 Å². The van der Waals surface area contributed by atoms with Gasteiger partial charge in [-0.25, -0.2) is 8.78 Å². The Morgan fingerprint density at radius 3 is 2.81 bits per heavy atom. The monoisotopic (exact) mass is 380 g/mol. The summed E-state index contributed by atoms with van der Waals surface area (Å²) < 4.78 is 32.0. The SMILES string of the molecule is COCCN1CC2(CCCN(C(=O)Cc3ccc(F)cc3F)C2)CCC1=O. The van der Waals surface area contributed by atoms with Gasteiger partial charge in [0.1, 0.15) is 11.6 Å². The van der Waals surface area contributed by atoms with Gasteiger partial charge in [0.2, 0.25) is 11.8 Å². The van der Waals surface area contributed by atoms with Crippen molar-refractivity contribution in [3.63, 3.8) is 0 Å². The summed E-state index contributed by atoms with van der Waals surface area (Å²) >= 11 is 0. The lowest BCUT2D eigenvalue weighted by Gasteiger charge is -2.48. The number of carbonyl (C=O) groups excluding carboxylic acids is 2. The molecule has 27 heavy (non-hydrogen) atoms. The molecule has 2 aliphatic heterocycles. The molecule has 0 aromatic heterocycles. The Morgan fingerprint density at radius 2 is 2.07 bits per heavy atom. The molecule has 1 spiro atoms. The number of halogens is 2. The van der Waals surface area contributed by atoms with E-state index in [2.05, 4.69) is 0 Å². The Kier molecular flexibility index (Phi) is 6.09. The van der Waals surface area contributed by atoms with Crippen molar-refractivity contribution in [2.45, 2.75) is 32.1 Å². The maximum absolute atomic E-state index is 13.9.